The van der Waals surface area contributed by atoms with Crippen LogP contribution in [0.5, 0.6) is 0 Å². The first-order valence-electron chi connectivity index (χ1n) is 10.8. The Labute approximate surface area is 184 Å². The van der Waals surface area contributed by atoms with Crippen LogP contribution in [0.1, 0.15) is 42.0 Å². The molecule has 1 heterocycles. The van der Waals surface area contributed by atoms with E-state index in [0.717, 1.165) is 17.5 Å². The van der Waals surface area contributed by atoms with E-state index in [2.05, 4.69) is 24.3 Å². The summed E-state index contributed by atoms with van der Waals surface area (Å²) in [6, 6.07) is 29.6. The van der Waals surface area contributed by atoms with Crippen molar-refractivity contribution in [1.82, 2.24) is 9.80 Å². The lowest BCUT2D eigenvalue weighted by atomic mass is 9.88. The number of rotatable bonds is 6. The zero-order valence-corrected chi connectivity index (χ0v) is 18.0. The molecule has 1 aliphatic heterocycles. The van der Waals surface area contributed by atoms with Gasteiger partial charge in [-0.1, -0.05) is 91.0 Å². The van der Waals surface area contributed by atoms with Crippen LogP contribution in [-0.2, 0) is 11.2 Å². The van der Waals surface area contributed by atoms with Gasteiger partial charge in [0.15, 0.2) is 0 Å². The average Bonchev–Trinajstić information content (AvgIpc) is 3.04. The molecular weight excluding hydrogens is 384 g/mol. The number of urea groups is 1. The highest BCUT2D eigenvalue weighted by molar-refractivity contribution is 5.97. The minimum atomic E-state index is -0.278. The Morgan fingerprint density at radius 1 is 0.871 bits per heavy atom. The van der Waals surface area contributed by atoms with Gasteiger partial charge in [-0.3, -0.25) is 9.69 Å². The fourth-order valence-electron chi connectivity index (χ4n) is 4.47. The maximum atomic E-state index is 13.6. The van der Waals surface area contributed by atoms with Crippen molar-refractivity contribution in [2.45, 2.75) is 37.8 Å². The third kappa shape index (κ3) is 4.38. The molecule has 3 atom stereocenters. The molecule has 0 aromatic heterocycles. The van der Waals surface area contributed by atoms with Crippen molar-refractivity contribution < 1.29 is 9.59 Å². The summed E-state index contributed by atoms with van der Waals surface area (Å²) < 4.78 is 0. The summed E-state index contributed by atoms with van der Waals surface area (Å²) in [4.78, 5) is 29.8. The maximum Gasteiger partial charge on any atom is 0.327 e. The Morgan fingerprint density at radius 2 is 1.42 bits per heavy atom. The van der Waals surface area contributed by atoms with E-state index < -0.39 is 0 Å². The fourth-order valence-corrected chi connectivity index (χ4v) is 4.47. The van der Waals surface area contributed by atoms with E-state index in [1.165, 1.54) is 10.5 Å². The fraction of sp³-hybridized carbons (Fsp3) is 0.259. The van der Waals surface area contributed by atoms with E-state index in [-0.39, 0.29) is 36.4 Å². The zero-order chi connectivity index (χ0) is 21.8. The lowest BCUT2D eigenvalue weighted by Crippen LogP contribution is -2.37. The van der Waals surface area contributed by atoms with E-state index in [9.17, 15) is 9.59 Å². The number of likely N-dealkylation sites (N-methyl/N-ethyl adjacent to an activating group) is 1. The summed E-state index contributed by atoms with van der Waals surface area (Å²) in [5, 5.41) is 0. The second-order valence-electron chi connectivity index (χ2n) is 8.25. The SMILES string of the molecule is C[C@@H]1[C@H](c2ccccc2)N(C(=O)C[C@H](Cc2ccccc2)c2ccccc2)C(=O)N1C. The van der Waals surface area contributed by atoms with Crippen LogP contribution in [0, 0.1) is 0 Å². The summed E-state index contributed by atoms with van der Waals surface area (Å²) in [6.07, 6.45) is 1.04. The topological polar surface area (TPSA) is 40.6 Å². The highest BCUT2D eigenvalue weighted by Gasteiger charge is 2.45. The van der Waals surface area contributed by atoms with Gasteiger partial charge in [0.25, 0.3) is 0 Å². The van der Waals surface area contributed by atoms with E-state index in [0.29, 0.717) is 0 Å². The molecule has 4 heteroatoms. The summed E-state index contributed by atoms with van der Waals surface area (Å²) in [5.41, 5.74) is 3.28. The molecule has 0 saturated carbocycles. The number of carbonyl (C=O) groups excluding carboxylic acids is 2. The van der Waals surface area contributed by atoms with Crippen molar-refractivity contribution in [2.24, 2.45) is 0 Å². The predicted octanol–water partition coefficient (Wildman–Crippen LogP) is 5.43. The van der Waals surface area contributed by atoms with E-state index in [1.54, 1.807) is 11.9 Å². The van der Waals surface area contributed by atoms with Crippen molar-refractivity contribution in [2.75, 3.05) is 7.05 Å². The van der Waals surface area contributed by atoms with E-state index in [1.807, 2.05) is 73.7 Å². The van der Waals surface area contributed by atoms with Crippen LogP contribution < -0.4 is 0 Å². The molecule has 1 saturated heterocycles. The molecule has 1 aliphatic rings. The largest absolute Gasteiger partial charge is 0.327 e. The van der Waals surface area contributed by atoms with E-state index >= 15 is 0 Å². The molecule has 3 aromatic rings. The molecule has 4 rings (SSSR count). The first kappa shape index (κ1) is 20.9. The highest BCUT2D eigenvalue weighted by Crippen LogP contribution is 2.36. The summed E-state index contributed by atoms with van der Waals surface area (Å²) in [6.45, 7) is 2.00. The van der Waals surface area contributed by atoms with Gasteiger partial charge in [-0.2, -0.15) is 0 Å². The van der Waals surface area contributed by atoms with Crippen LogP contribution >= 0.6 is 0 Å². The molecule has 1 fully saturated rings. The van der Waals surface area contributed by atoms with Gasteiger partial charge < -0.3 is 4.90 Å². The van der Waals surface area contributed by atoms with Crippen molar-refractivity contribution in [1.29, 1.82) is 0 Å². The lowest BCUT2D eigenvalue weighted by molar-refractivity contribution is -0.129. The number of benzene rings is 3. The minimum Gasteiger partial charge on any atom is -0.322 e. The molecule has 0 radical (unpaired) electrons. The molecule has 31 heavy (non-hydrogen) atoms. The molecule has 3 aromatic carbocycles. The minimum absolute atomic E-state index is 0.00142. The number of amides is 3. The van der Waals surface area contributed by atoms with Crippen LogP contribution in [0.4, 0.5) is 4.79 Å². The molecule has 0 spiro atoms. The second-order valence-corrected chi connectivity index (χ2v) is 8.25. The Morgan fingerprint density at radius 3 is 2.03 bits per heavy atom. The van der Waals surface area contributed by atoms with Gasteiger partial charge in [0, 0.05) is 13.5 Å². The maximum absolute atomic E-state index is 13.6. The second kappa shape index (κ2) is 9.17. The lowest BCUT2D eigenvalue weighted by Gasteiger charge is -2.26. The zero-order valence-electron chi connectivity index (χ0n) is 18.0. The standard InChI is InChI=1S/C27H28N2O2/c1-20-26(23-16-10-5-11-17-23)29(27(31)28(20)2)25(30)19-24(22-14-8-4-9-15-22)18-21-12-6-3-7-13-21/h3-17,20,24,26H,18-19H2,1-2H3/t20-,24+,26-/m1/s1. The van der Waals surface area contributed by atoms with Crippen LogP contribution in [-0.4, -0.2) is 34.8 Å². The summed E-state index contributed by atoms with van der Waals surface area (Å²) >= 11 is 0. The van der Waals surface area contributed by atoms with Crippen LogP contribution in [0.3, 0.4) is 0 Å². The smallest absolute Gasteiger partial charge is 0.322 e. The van der Waals surface area contributed by atoms with Gasteiger partial charge >= 0.3 is 6.03 Å². The van der Waals surface area contributed by atoms with Gasteiger partial charge in [0.1, 0.15) is 0 Å². The van der Waals surface area contributed by atoms with Gasteiger partial charge in [-0.05, 0) is 36.0 Å². The number of nitrogens with zero attached hydrogens (tertiary/aromatic N) is 2. The van der Waals surface area contributed by atoms with Gasteiger partial charge in [-0.25, -0.2) is 4.79 Å². The molecule has 0 N–H and O–H groups in total. The van der Waals surface area contributed by atoms with Gasteiger partial charge in [0.05, 0.1) is 12.1 Å². The average molecular weight is 413 g/mol. The number of imide groups is 1. The molecular formula is C27H28N2O2. The van der Waals surface area contributed by atoms with Crippen molar-refractivity contribution in [3.05, 3.63) is 108 Å². The molecule has 3 amide bonds. The molecule has 0 aliphatic carbocycles. The quantitative estimate of drug-likeness (QED) is 0.542. The Hall–Kier alpha value is -3.40. The predicted molar refractivity (Wildman–Crippen MR) is 123 cm³/mol. The third-order valence-electron chi connectivity index (χ3n) is 6.28. The Kier molecular flexibility index (Phi) is 6.17. The van der Waals surface area contributed by atoms with Crippen LogP contribution in [0.15, 0.2) is 91.0 Å². The highest BCUT2D eigenvalue weighted by atomic mass is 16.2. The van der Waals surface area contributed by atoms with Gasteiger partial charge in [0.2, 0.25) is 5.91 Å². The van der Waals surface area contributed by atoms with Crippen molar-refractivity contribution in [3.63, 3.8) is 0 Å². The van der Waals surface area contributed by atoms with E-state index in [4.69, 9.17) is 0 Å². The molecule has 0 bridgehead atoms. The van der Waals surface area contributed by atoms with Gasteiger partial charge in [-0.15, -0.1) is 0 Å². The van der Waals surface area contributed by atoms with Crippen molar-refractivity contribution in [3.8, 4) is 0 Å². The Balaban J connectivity index is 1.63. The summed E-state index contributed by atoms with van der Waals surface area (Å²) in [7, 11) is 1.77. The normalized spacial score (nSPS) is 19.5. The number of hydrogen-bond acceptors (Lipinski definition) is 2. The van der Waals surface area contributed by atoms with Crippen LogP contribution in [0.25, 0.3) is 0 Å². The molecule has 158 valence electrons. The first-order chi connectivity index (χ1) is 15.1. The summed E-state index contributed by atoms with van der Waals surface area (Å²) in [5.74, 6) is -0.124. The number of hydrogen-bond donors (Lipinski definition) is 0. The Bertz CT molecular complexity index is 1020. The third-order valence-corrected chi connectivity index (χ3v) is 6.28. The molecule has 0 unspecified atom stereocenters. The number of carbonyl (C=O) groups is 2. The van der Waals surface area contributed by atoms with Crippen LogP contribution in [0.2, 0.25) is 0 Å². The van der Waals surface area contributed by atoms with Crippen molar-refractivity contribution >= 4 is 11.9 Å². The first-order valence-corrected chi connectivity index (χ1v) is 10.8. The molecule has 4 nitrogen and oxygen atoms in total. The monoisotopic (exact) mass is 412 g/mol.